The zero-order chi connectivity index (χ0) is 28.4. The predicted octanol–water partition coefficient (Wildman–Crippen LogP) is 5.39. The second-order valence-electron chi connectivity index (χ2n) is 10.3. The molecule has 7 heteroatoms. The third-order valence-corrected chi connectivity index (χ3v) is 6.33. The number of methoxy groups -OCH3 is 1. The van der Waals surface area contributed by atoms with Crippen molar-refractivity contribution in [2.45, 2.75) is 40.2 Å². The number of nitrogens with one attached hydrogen (secondary N) is 1. The summed E-state index contributed by atoms with van der Waals surface area (Å²) in [7, 11) is 1.35. The Morgan fingerprint density at radius 1 is 0.897 bits per heavy atom. The van der Waals surface area contributed by atoms with Gasteiger partial charge in [0.05, 0.1) is 13.7 Å². The van der Waals surface area contributed by atoms with Gasteiger partial charge in [-0.1, -0.05) is 75.4 Å². The Balaban J connectivity index is 1.67. The molecule has 0 bridgehead atoms. The number of rotatable bonds is 12. The van der Waals surface area contributed by atoms with Crippen molar-refractivity contribution in [3.05, 3.63) is 95.6 Å². The van der Waals surface area contributed by atoms with Crippen LogP contribution in [-0.4, -0.2) is 55.4 Å². The number of nitrogens with zero attached hydrogens (tertiary/aromatic N) is 1. The normalized spacial score (nSPS) is 11.8. The first-order valence-electron chi connectivity index (χ1n) is 13.2. The van der Waals surface area contributed by atoms with Crippen molar-refractivity contribution >= 4 is 23.3 Å². The number of anilines is 1. The number of amides is 1. The van der Waals surface area contributed by atoms with Crippen molar-refractivity contribution in [2.24, 2.45) is 5.41 Å². The molecular formula is C32H38N2O5. The molecule has 0 radical (unpaired) electrons. The van der Waals surface area contributed by atoms with Crippen LogP contribution in [0, 0.1) is 5.41 Å². The summed E-state index contributed by atoms with van der Waals surface area (Å²) in [6.07, 6.45) is 0.352. The van der Waals surface area contributed by atoms with E-state index >= 15 is 0 Å². The molecule has 0 aromatic heterocycles. The first-order valence-corrected chi connectivity index (χ1v) is 13.2. The van der Waals surface area contributed by atoms with E-state index in [4.69, 9.17) is 9.47 Å². The van der Waals surface area contributed by atoms with E-state index in [-0.39, 0.29) is 11.7 Å². The molecule has 0 saturated carbocycles. The second-order valence-corrected chi connectivity index (χ2v) is 10.3. The summed E-state index contributed by atoms with van der Waals surface area (Å²) in [6.45, 7) is 9.20. The fraction of sp³-hybridized carbons (Fsp3) is 0.344. The molecule has 3 rings (SSSR count). The van der Waals surface area contributed by atoms with Gasteiger partial charge in [-0.2, -0.15) is 0 Å². The van der Waals surface area contributed by atoms with E-state index in [1.807, 2.05) is 76.2 Å². The highest BCUT2D eigenvalue weighted by atomic mass is 16.5. The Hall–Kier alpha value is -4.13. The molecule has 1 amide bonds. The molecule has 1 atom stereocenters. The number of hydrogen-bond donors (Lipinski definition) is 1. The van der Waals surface area contributed by atoms with E-state index in [1.54, 1.807) is 35.2 Å². The number of hydrogen-bond acceptors (Lipinski definition) is 6. The third kappa shape index (κ3) is 8.18. The standard InChI is InChI=1S/C32H38N2O5/c1-6-34(31(37)32(2,3)4)20-21-39-25-18-16-23(17-19-25)22-28(30(36)38-5)33-27-15-11-10-14-26(27)29(35)24-12-8-7-9-13-24/h7-19,28,33H,6,20-22H2,1-5H3. The van der Waals surface area contributed by atoms with Crippen LogP contribution in [0.2, 0.25) is 0 Å². The highest BCUT2D eigenvalue weighted by Gasteiger charge is 2.26. The molecule has 0 aliphatic heterocycles. The van der Waals surface area contributed by atoms with E-state index < -0.39 is 17.4 Å². The van der Waals surface area contributed by atoms with Gasteiger partial charge in [-0.15, -0.1) is 0 Å². The van der Waals surface area contributed by atoms with Crippen molar-refractivity contribution in [1.29, 1.82) is 0 Å². The molecule has 3 aromatic carbocycles. The van der Waals surface area contributed by atoms with Gasteiger partial charge in [-0.05, 0) is 36.8 Å². The molecule has 3 aromatic rings. The lowest BCUT2D eigenvalue weighted by Crippen LogP contribution is -2.41. The van der Waals surface area contributed by atoms with Gasteiger partial charge in [0.2, 0.25) is 5.91 Å². The first kappa shape index (κ1) is 29.4. The SMILES string of the molecule is CCN(CCOc1ccc(CC(Nc2ccccc2C(=O)c2ccccc2)C(=O)OC)cc1)C(=O)C(C)(C)C. The van der Waals surface area contributed by atoms with Crippen LogP contribution in [-0.2, 0) is 20.7 Å². The maximum atomic E-state index is 13.1. The predicted molar refractivity (Wildman–Crippen MR) is 153 cm³/mol. The van der Waals surface area contributed by atoms with Gasteiger partial charge in [-0.3, -0.25) is 9.59 Å². The Labute approximate surface area is 231 Å². The molecular weight excluding hydrogens is 492 g/mol. The van der Waals surface area contributed by atoms with Crippen LogP contribution in [0.3, 0.4) is 0 Å². The Kier molecular flexibility index (Phi) is 10.3. The lowest BCUT2D eigenvalue weighted by atomic mass is 9.95. The molecule has 0 fully saturated rings. The smallest absolute Gasteiger partial charge is 0.328 e. The highest BCUT2D eigenvalue weighted by Crippen LogP contribution is 2.22. The lowest BCUT2D eigenvalue weighted by molar-refractivity contribution is -0.141. The average Bonchev–Trinajstić information content (AvgIpc) is 2.95. The fourth-order valence-corrected chi connectivity index (χ4v) is 4.18. The van der Waals surface area contributed by atoms with Crippen molar-refractivity contribution in [2.75, 3.05) is 32.1 Å². The van der Waals surface area contributed by atoms with Gasteiger partial charge in [0.15, 0.2) is 5.78 Å². The summed E-state index contributed by atoms with van der Waals surface area (Å²) in [5.41, 5.74) is 2.08. The topological polar surface area (TPSA) is 84.9 Å². The molecule has 0 spiro atoms. The van der Waals surface area contributed by atoms with E-state index in [9.17, 15) is 14.4 Å². The minimum Gasteiger partial charge on any atom is -0.492 e. The zero-order valence-electron chi connectivity index (χ0n) is 23.4. The summed E-state index contributed by atoms with van der Waals surface area (Å²) in [5.74, 6) is 0.215. The van der Waals surface area contributed by atoms with Gasteiger partial charge in [-0.25, -0.2) is 4.79 Å². The van der Waals surface area contributed by atoms with Crippen LogP contribution < -0.4 is 10.1 Å². The molecule has 7 nitrogen and oxygen atoms in total. The lowest BCUT2D eigenvalue weighted by Gasteiger charge is -2.28. The number of benzene rings is 3. The molecule has 0 aliphatic rings. The van der Waals surface area contributed by atoms with Crippen molar-refractivity contribution in [1.82, 2.24) is 4.90 Å². The number of carbonyl (C=O) groups is 3. The number of esters is 1. The molecule has 1 N–H and O–H groups in total. The minimum absolute atomic E-state index is 0.0948. The molecule has 1 unspecified atom stereocenters. The summed E-state index contributed by atoms with van der Waals surface area (Å²) in [4.78, 5) is 40.1. The average molecular weight is 531 g/mol. The highest BCUT2D eigenvalue weighted by molar-refractivity contribution is 6.12. The van der Waals surface area contributed by atoms with Gasteiger partial charge in [0, 0.05) is 35.2 Å². The van der Waals surface area contributed by atoms with E-state index in [0.29, 0.717) is 48.7 Å². The van der Waals surface area contributed by atoms with Crippen LogP contribution >= 0.6 is 0 Å². The minimum atomic E-state index is -0.701. The second kappa shape index (κ2) is 13.6. The van der Waals surface area contributed by atoms with E-state index in [1.165, 1.54) is 7.11 Å². The largest absolute Gasteiger partial charge is 0.492 e. The number of ether oxygens (including phenoxy) is 2. The maximum absolute atomic E-state index is 13.1. The summed E-state index contributed by atoms with van der Waals surface area (Å²) in [5, 5.41) is 3.22. The van der Waals surface area contributed by atoms with Crippen LogP contribution in [0.5, 0.6) is 5.75 Å². The van der Waals surface area contributed by atoms with E-state index in [0.717, 1.165) is 5.56 Å². The van der Waals surface area contributed by atoms with Gasteiger partial charge >= 0.3 is 5.97 Å². The van der Waals surface area contributed by atoms with Gasteiger partial charge < -0.3 is 19.7 Å². The Morgan fingerprint density at radius 2 is 1.54 bits per heavy atom. The quantitative estimate of drug-likeness (QED) is 0.250. The molecule has 206 valence electrons. The van der Waals surface area contributed by atoms with Crippen LogP contribution in [0.1, 0.15) is 49.2 Å². The first-order chi connectivity index (χ1) is 18.6. The van der Waals surface area contributed by atoms with Crippen molar-refractivity contribution in [3.63, 3.8) is 0 Å². The summed E-state index contributed by atoms with van der Waals surface area (Å²) in [6, 6.07) is 23.0. The zero-order valence-corrected chi connectivity index (χ0v) is 23.4. The van der Waals surface area contributed by atoms with Crippen molar-refractivity contribution in [3.8, 4) is 5.75 Å². The molecule has 0 heterocycles. The fourth-order valence-electron chi connectivity index (χ4n) is 4.18. The Bertz CT molecular complexity index is 1250. The number of carbonyl (C=O) groups excluding carboxylic acids is 3. The van der Waals surface area contributed by atoms with Crippen LogP contribution in [0.15, 0.2) is 78.9 Å². The van der Waals surface area contributed by atoms with Gasteiger partial charge in [0.1, 0.15) is 18.4 Å². The van der Waals surface area contributed by atoms with Crippen LogP contribution in [0.4, 0.5) is 5.69 Å². The number of para-hydroxylation sites is 1. The third-order valence-electron chi connectivity index (χ3n) is 6.33. The van der Waals surface area contributed by atoms with Gasteiger partial charge in [0.25, 0.3) is 0 Å². The van der Waals surface area contributed by atoms with E-state index in [2.05, 4.69) is 5.32 Å². The summed E-state index contributed by atoms with van der Waals surface area (Å²) < 4.78 is 10.9. The number of likely N-dealkylation sites (N-methyl/N-ethyl adjacent to an activating group) is 1. The number of ketones is 1. The van der Waals surface area contributed by atoms with Crippen molar-refractivity contribution < 1.29 is 23.9 Å². The molecule has 39 heavy (non-hydrogen) atoms. The molecule has 0 aliphatic carbocycles. The monoisotopic (exact) mass is 530 g/mol. The Morgan fingerprint density at radius 3 is 2.15 bits per heavy atom. The molecule has 0 saturated heterocycles. The summed E-state index contributed by atoms with van der Waals surface area (Å²) >= 11 is 0. The maximum Gasteiger partial charge on any atom is 0.328 e. The van der Waals surface area contributed by atoms with Crippen LogP contribution in [0.25, 0.3) is 0 Å².